The van der Waals surface area contributed by atoms with E-state index in [1.165, 1.54) is 6.08 Å². The number of benzene rings is 1. The van der Waals surface area contributed by atoms with E-state index in [0.29, 0.717) is 6.54 Å². The lowest BCUT2D eigenvalue weighted by molar-refractivity contribution is -0.116. The van der Waals surface area contributed by atoms with Gasteiger partial charge < -0.3 is 20.1 Å². The monoisotopic (exact) mass is 276 g/mol. The number of carbonyl (C=O) groups excluding carboxylic acids is 1. The van der Waals surface area contributed by atoms with Crippen LogP contribution in [0.1, 0.15) is 18.9 Å². The lowest BCUT2D eigenvalue weighted by atomic mass is 10.2. The van der Waals surface area contributed by atoms with Crippen LogP contribution in [0.2, 0.25) is 0 Å². The summed E-state index contributed by atoms with van der Waals surface area (Å²) in [6.45, 7) is 4.87. The molecule has 0 spiro atoms. The van der Waals surface area contributed by atoms with Crippen molar-refractivity contribution in [3.8, 4) is 11.5 Å². The SMILES string of the molecule is CCNCCCNC(=O)/C=C/c1ccc2c(c1)OCO2. The predicted molar refractivity (Wildman–Crippen MR) is 77.8 cm³/mol. The molecule has 1 aliphatic heterocycles. The minimum absolute atomic E-state index is 0.0841. The third-order valence-corrected chi connectivity index (χ3v) is 2.90. The Morgan fingerprint density at radius 1 is 1.30 bits per heavy atom. The first kappa shape index (κ1) is 14.4. The largest absolute Gasteiger partial charge is 0.454 e. The Labute approximate surface area is 119 Å². The van der Waals surface area contributed by atoms with Crippen LogP contribution in [-0.4, -0.2) is 32.3 Å². The summed E-state index contributed by atoms with van der Waals surface area (Å²) in [5.74, 6) is 1.38. The summed E-state index contributed by atoms with van der Waals surface area (Å²) in [6, 6.07) is 5.59. The van der Waals surface area contributed by atoms with Gasteiger partial charge in [-0.05, 0) is 43.3 Å². The Hall–Kier alpha value is -2.01. The summed E-state index contributed by atoms with van der Waals surface area (Å²) in [5.41, 5.74) is 0.914. The van der Waals surface area contributed by atoms with Gasteiger partial charge in [-0.15, -0.1) is 0 Å². The predicted octanol–water partition coefficient (Wildman–Crippen LogP) is 1.54. The molecule has 1 aromatic rings. The molecule has 0 saturated heterocycles. The van der Waals surface area contributed by atoms with Crippen molar-refractivity contribution in [1.82, 2.24) is 10.6 Å². The highest BCUT2D eigenvalue weighted by Crippen LogP contribution is 2.32. The molecule has 0 unspecified atom stereocenters. The Morgan fingerprint density at radius 2 is 2.15 bits per heavy atom. The highest BCUT2D eigenvalue weighted by molar-refractivity contribution is 5.91. The highest BCUT2D eigenvalue weighted by Gasteiger charge is 2.12. The quantitative estimate of drug-likeness (QED) is 0.586. The molecule has 20 heavy (non-hydrogen) atoms. The van der Waals surface area contributed by atoms with Crippen molar-refractivity contribution in [3.63, 3.8) is 0 Å². The van der Waals surface area contributed by atoms with Gasteiger partial charge in [0.1, 0.15) is 0 Å². The summed E-state index contributed by atoms with van der Waals surface area (Å²) < 4.78 is 10.5. The fourth-order valence-corrected chi connectivity index (χ4v) is 1.85. The zero-order chi connectivity index (χ0) is 14.2. The van der Waals surface area contributed by atoms with E-state index in [0.717, 1.165) is 36.6 Å². The van der Waals surface area contributed by atoms with Gasteiger partial charge in [0.2, 0.25) is 12.7 Å². The average molecular weight is 276 g/mol. The van der Waals surface area contributed by atoms with E-state index in [2.05, 4.69) is 17.6 Å². The van der Waals surface area contributed by atoms with E-state index in [-0.39, 0.29) is 12.7 Å². The number of fused-ring (bicyclic) bond motifs is 1. The summed E-state index contributed by atoms with van der Waals surface area (Å²) in [5, 5.41) is 6.05. The van der Waals surface area contributed by atoms with Gasteiger partial charge in [-0.2, -0.15) is 0 Å². The number of rotatable bonds is 7. The third-order valence-electron chi connectivity index (χ3n) is 2.90. The second-order valence-corrected chi connectivity index (χ2v) is 4.44. The topological polar surface area (TPSA) is 59.6 Å². The molecule has 1 aliphatic rings. The van der Waals surface area contributed by atoms with Gasteiger partial charge in [-0.3, -0.25) is 4.79 Å². The van der Waals surface area contributed by atoms with E-state index < -0.39 is 0 Å². The molecule has 2 N–H and O–H groups in total. The molecule has 1 aromatic carbocycles. The van der Waals surface area contributed by atoms with E-state index in [9.17, 15) is 4.79 Å². The van der Waals surface area contributed by atoms with Gasteiger partial charge >= 0.3 is 0 Å². The van der Waals surface area contributed by atoms with E-state index in [4.69, 9.17) is 9.47 Å². The molecule has 0 fully saturated rings. The van der Waals surface area contributed by atoms with Crippen molar-refractivity contribution in [1.29, 1.82) is 0 Å². The second kappa shape index (κ2) is 7.55. The van der Waals surface area contributed by atoms with Crippen LogP contribution in [0.15, 0.2) is 24.3 Å². The maximum absolute atomic E-state index is 11.6. The molecule has 0 aliphatic carbocycles. The summed E-state index contributed by atoms with van der Waals surface area (Å²) in [6.07, 6.45) is 4.23. The van der Waals surface area contributed by atoms with Crippen molar-refractivity contribution >= 4 is 12.0 Å². The Bertz CT molecular complexity index is 486. The lowest BCUT2D eigenvalue weighted by Crippen LogP contribution is -2.25. The van der Waals surface area contributed by atoms with Crippen LogP contribution in [0, 0.1) is 0 Å². The van der Waals surface area contributed by atoms with Crippen LogP contribution in [0.4, 0.5) is 0 Å². The molecule has 1 amide bonds. The van der Waals surface area contributed by atoms with Gasteiger partial charge in [-0.1, -0.05) is 13.0 Å². The van der Waals surface area contributed by atoms with Gasteiger partial charge in [-0.25, -0.2) is 0 Å². The summed E-state index contributed by atoms with van der Waals surface area (Å²) in [4.78, 5) is 11.6. The fourth-order valence-electron chi connectivity index (χ4n) is 1.85. The lowest BCUT2D eigenvalue weighted by Gasteiger charge is -2.02. The molecule has 0 saturated carbocycles. The molecule has 2 rings (SSSR count). The maximum Gasteiger partial charge on any atom is 0.243 e. The molecule has 108 valence electrons. The summed E-state index contributed by atoms with van der Waals surface area (Å²) in [7, 11) is 0. The van der Waals surface area contributed by atoms with Gasteiger partial charge in [0, 0.05) is 12.6 Å². The van der Waals surface area contributed by atoms with Gasteiger partial charge in [0.15, 0.2) is 11.5 Å². The minimum atomic E-state index is -0.0841. The Morgan fingerprint density at radius 3 is 3.00 bits per heavy atom. The van der Waals surface area contributed by atoms with Crippen LogP contribution in [0.25, 0.3) is 6.08 Å². The molecule has 0 aromatic heterocycles. The van der Waals surface area contributed by atoms with Crippen molar-refractivity contribution in [3.05, 3.63) is 29.8 Å². The third kappa shape index (κ3) is 4.28. The first-order valence-electron chi connectivity index (χ1n) is 6.86. The van der Waals surface area contributed by atoms with Crippen molar-refractivity contribution in [2.45, 2.75) is 13.3 Å². The highest BCUT2D eigenvalue weighted by atomic mass is 16.7. The normalized spacial score (nSPS) is 12.8. The van der Waals surface area contributed by atoms with Gasteiger partial charge in [0.05, 0.1) is 0 Å². The average Bonchev–Trinajstić information content (AvgIpc) is 2.92. The molecular weight excluding hydrogens is 256 g/mol. The first-order valence-corrected chi connectivity index (χ1v) is 6.86. The molecule has 5 heteroatoms. The number of ether oxygens (including phenoxy) is 2. The second-order valence-electron chi connectivity index (χ2n) is 4.44. The zero-order valence-corrected chi connectivity index (χ0v) is 11.6. The van der Waals surface area contributed by atoms with E-state index in [1.807, 2.05) is 18.2 Å². The molecular formula is C15H20N2O3. The molecule has 5 nitrogen and oxygen atoms in total. The van der Waals surface area contributed by atoms with Crippen molar-refractivity contribution < 1.29 is 14.3 Å². The number of hydrogen-bond donors (Lipinski definition) is 2. The smallest absolute Gasteiger partial charge is 0.243 e. The molecule has 1 heterocycles. The molecule has 0 bridgehead atoms. The van der Waals surface area contributed by atoms with Crippen molar-refractivity contribution in [2.75, 3.05) is 26.4 Å². The van der Waals surface area contributed by atoms with E-state index in [1.54, 1.807) is 6.08 Å². The van der Waals surface area contributed by atoms with E-state index >= 15 is 0 Å². The van der Waals surface area contributed by atoms with Crippen molar-refractivity contribution in [2.24, 2.45) is 0 Å². The number of carbonyl (C=O) groups is 1. The van der Waals surface area contributed by atoms with Crippen LogP contribution in [-0.2, 0) is 4.79 Å². The molecule has 0 atom stereocenters. The van der Waals surface area contributed by atoms with Crippen LogP contribution >= 0.6 is 0 Å². The van der Waals surface area contributed by atoms with Crippen LogP contribution in [0.5, 0.6) is 11.5 Å². The first-order chi connectivity index (χ1) is 9.79. The summed E-state index contributed by atoms with van der Waals surface area (Å²) >= 11 is 0. The zero-order valence-electron chi connectivity index (χ0n) is 11.6. The number of nitrogens with one attached hydrogen (secondary N) is 2. The minimum Gasteiger partial charge on any atom is -0.454 e. The number of amides is 1. The van der Waals surface area contributed by atoms with Crippen LogP contribution < -0.4 is 20.1 Å². The maximum atomic E-state index is 11.6. The van der Waals surface area contributed by atoms with Gasteiger partial charge in [0.25, 0.3) is 0 Å². The van der Waals surface area contributed by atoms with Crippen LogP contribution in [0.3, 0.4) is 0 Å². The fraction of sp³-hybridized carbons (Fsp3) is 0.400. The number of hydrogen-bond acceptors (Lipinski definition) is 4. The standard InChI is InChI=1S/C15H20N2O3/c1-2-16-8-3-9-17-15(18)7-5-12-4-6-13-14(10-12)20-11-19-13/h4-7,10,16H,2-3,8-9,11H2,1H3,(H,17,18)/b7-5+. The Balaban J connectivity index is 1.76. The Kier molecular flexibility index (Phi) is 5.43. The molecule has 0 radical (unpaired) electrons.